The SMILES string of the molecule is CC(C)(C)OC(=O)N1CCN(CCNC(=O)CSCC(=O)O)C(=O)C1. The number of piperazine rings is 1. The van der Waals surface area contributed by atoms with Crippen molar-refractivity contribution in [3.8, 4) is 0 Å². The minimum absolute atomic E-state index is 0.0443. The number of nitrogens with one attached hydrogen (secondary N) is 1. The molecule has 0 aromatic rings. The molecule has 9 nitrogen and oxygen atoms in total. The van der Waals surface area contributed by atoms with Crippen molar-refractivity contribution in [2.45, 2.75) is 26.4 Å². The molecule has 1 heterocycles. The Kier molecular flexibility index (Phi) is 8.01. The molecule has 0 radical (unpaired) electrons. The minimum Gasteiger partial charge on any atom is -0.481 e. The first-order valence-electron chi connectivity index (χ1n) is 7.90. The third-order valence-corrected chi connectivity index (χ3v) is 4.05. The van der Waals surface area contributed by atoms with Gasteiger partial charge < -0.3 is 20.1 Å². The molecule has 1 aliphatic heterocycles. The van der Waals surface area contributed by atoms with E-state index >= 15 is 0 Å². The summed E-state index contributed by atoms with van der Waals surface area (Å²) in [4.78, 5) is 48.9. The fourth-order valence-electron chi connectivity index (χ4n) is 2.04. The summed E-state index contributed by atoms with van der Waals surface area (Å²) in [6, 6.07) is 0. The number of carboxylic acids is 1. The Morgan fingerprint density at radius 2 is 1.92 bits per heavy atom. The zero-order chi connectivity index (χ0) is 19.0. The summed E-state index contributed by atoms with van der Waals surface area (Å²) in [5.74, 6) is -1.51. The van der Waals surface area contributed by atoms with Crippen LogP contribution >= 0.6 is 11.8 Å². The molecule has 10 heteroatoms. The van der Waals surface area contributed by atoms with Crippen LogP contribution in [0.2, 0.25) is 0 Å². The highest BCUT2D eigenvalue weighted by molar-refractivity contribution is 8.00. The van der Waals surface area contributed by atoms with Gasteiger partial charge in [0.1, 0.15) is 12.1 Å². The van der Waals surface area contributed by atoms with Crippen molar-refractivity contribution in [3.63, 3.8) is 0 Å². The number of carboxylic acid groups (broad SMARTS) is 1. The predicted octanol–water partition coefficient (Wildman–Crippen LogP) is -0.000300. The highest BCUT2D eigenvalue weighted by Crippen LogP contribution is 2.12. The van der Waals surface area contributed by atoms with Gasteiger partial charge in [0.05, 0.1) is 11.5 Å². The van der Waals surface area contributed by atoms with Crippen LogP contribution in [0, 0.1) is 0 Å². The van der Waals surface area contributed by atoms with Gasteiger partial charge in [-0.05, 0) is 20.8 Å². The van der Waals surface area contributed by atoms with Crippen LogP contribution in [-0.4, -0.2) is 88.6 Å². The van der Waals surface area contributed by atoms with Crippen molar-refractivity contribution in [2.24, 2.45) is 0 Å². The molecule has 0 atom stereocenters. The van der Waals surface area contributed by atoms with Crippen LogP contribution in [-0.2, 0) is 19.1 Å². The Balaban J connectivity index is 2.27. The summed E-state index contributed by atoms with van der Waals surface area (Å²) in [6.45, 7) is 6.63. The molecule has 0 aliphatic carbocycles. The highest BCUT2D eigenvalue weighted by Gasteiger charge is 2.29. The first-order chi connectivity index (χ1) is 11.6. The number of nitrogens with zero attached hydrogens (tertiary/aromatic N) is 2. The summed E-state index contributed by atoms with van der Waals surface area (Å²) in [6.07, 6.45) is -0.510. The van der Waals surface area contributed by atoms with E-state index in [1.54, 1.807) is 25.7 Å². The van der Waals surface area contributed by atoms with Crippen LogP contribution in [0.4, 0.5) is 4.79 Å². The second-order valence-electron chi connectivity index (χ2n) is 6.52. The van der Waals surface area contributed by atoms with Crippen LogP contribution in [0.3, 0.4) is 0 Å². The third kappa shape index (κ3) is 8.62. The standard InChI is InChI=1S/C15H25N3O6S/c1-15(2,3)24-14(23)18-7-6-17(12(20)8-18)5-4-16-11(19)9-25-10-13(21)22/h4-10H2,1-3H3,(H,16,19)(H,21,22). The monoisotopic (exact) mass is 375 g/mol. The van der Waals surface area contributed by atoms with E-state index < -0.39 is 17.7 Å². The Labute approximate surface area is 151 Å². The van der Waals surface area contributed by atoms with Gasteiger partial charge in [0.2, 0.25) is 11.8 Å². The molecule has 25 heavy (non-hydrogen) atoms. The number of amides is 3. The van der Waals surface area contributed by atoms with E-state index in [0.717, 1.165) is 11.8 Å². The molecule has 0 aromatic carbocycles. The van der Waals surface area contributed by atoms with Crippen molar-refractivity contribution in [1.82, 2.24) is 15.1 Å². The van der Waals surface area contributed by atoms with Crippen LogP contribution in [0.25, 0.3) is 0 Å². The second-order valence-corrected chi connectivity index (χ2v) is 7.50. The Bertz CT molecular complexity index is 520. The zero-order valence-corrected chi connectivity index (χ0v) is 15.6. The van der Waals surface area contributed by atoms with Crippen molar-refractivity contribution in [1.29, 1.82) is 0 Å². The fraction of sp³-hybridized carbons (Fsp3) is 0.733. The molecule has 0 aromatic heterocycles. The maximum Gasteiger partial charge on any atom is 0.410 e. The number of rotatable bonds is 7. The molecule has 0 spiro atoms. The molecule has 2 N–H and O–H groups in total. The minimum atomic E-state index is -0.966. The van der Waals surface area contributed by atoms with Gasteiger partial charge in [-0.1, -0.05) is 0 Å². The van der Waals surface area contributed by atoms with Gasteiger partial charge in [-0.25, -0.2) is 4.79 Å². The zero-order valence-electron chi connectivity index (χ0n) is 14.7. The van der Waals surface area contributed by atoms with Crippen molar-refractivity contribution >= 4 is 35.6 Å². The molecule has 0 unspecified atom stereocenters. The number of carbonyl (C=O) groups is 4. The van der Waals surface area contributed by atoms with Gasteiger partial charge in [0.25, 0.3) is 0 Å². The van der Waals surface area contributed by atoms with E-state index in [1.165, 1.54) is 4.90 Å². The molecule has 1 saturated heterocycles. The first kappa shape index (κ1) is 21.1. The molecular weight excluding hydrogens is 350 g/mol. The molecule has 0 bridgehead atoms. The van der Waals surface area contributed by atoms with Crippen molar-refractivity contribution in [3.05, 3.63) is 0 Å². The van der Waals surface area contributed by atoms with Crippen LogP contribution in [0.5, 0.6) is 0 Å². The topological polar surface area (TPSA) is 116 Å². The Morgan fingerprint density at radius 1 is 1.24 bits per heavy atom. The van der Waals surface area contributed by atoms with Gasteiger partial charge >= 0.3 is 12.1 Å². The molecule has 1 fully saturated rings. The maximum atomic E-state index is 12.1. The predicted molar refractivity (Wildman–Crippen MR) is 92.4 cm³/mol. The average Bonchev–Trinajstić information content (AvgIpc) is 2.46. The van der Waals surface area contributed by atoms with E-state index in [1.807, 2.05) is 0 Å². The summed E-state index contributed by atoms with van der Waals surface area (Å²) >= 11 is 1.01. The number of aliphatic carboxylic acids is 1. The van der Waals surface area contributed by atoms with Crippen LogP contribution in [0.15, 0.2) is 0 Å². The lowest BCUT2D eigenvalue weighted by Crippen LogP contribution is -2.54. The van der Waals surface area contributed by atoms with Crippen molar-refractivity contribution in [2.75, 3.05) is 44.2 Å². The molecular formula is C15H25N3O6S. The normalized spacial score (nSPS) is 15.1. The smallest absolute Gasteiger partial charge is 0.410 e. The van der Waals surface area contributed by atoms with Crippen LogP contribution in [0.1, 0.15) is 20.8 Å². The molecule has 1 rings (SSSR count). The van der Waals surface area contributed by atoms with Gasteiger partial charge in [-0.2, -0.15) is 0 Å². The highest BCUT2D eigenvalue weighted by atomic mass is 32.2. The van der Waals surface area contributed by atoms with Gasteiger partial charge in [-0.3, -0.25) is 19.3 Å². The third-order valence-electron chi connectivity index (χ3n) is 3.13. The van der Waals surface area contributed by atoms with Gasteiger partial charge in [0.15, 0.2) is 0 Å². The lowest BCUT2D eigenvalue weighted by molar-refractivity contribution is -0.136. The second kappa shape index (κ2) is 9.50. The average molecular weight is 375 g/mol. The quantitative estimate of drug-likeness (QED) is 0.643. The molecule has 1 aliphatic rings. The van der Waals surface area contributed by atoms with Crippen LogP contribution < -0.4 is 5.32 Å². The van der Waals surface area contributed by atoms with E-state index in [0.29, 0.717) is 19.6 Å². The lowest BCUT2D eigenvalue weighted by atomic mass is 10.2. The van der Waals surface area contributed by atoms with Crippen molar-refractivity contribution < 1.29 is 29.0 Å². The Morgan fingerprint density at radius 3 is 2.48 bits per heavy atom. The van der Waals surface area contributed by atoms with E-state index in [2.05, 4.69) is 5.32 Å². The number of ether oxygens (including phenoxy) is 1. The Hall–Kier alpha value is -1.97. The summed E-state index contributed by atoms with van der Waals surface area (Å²) in [5, 5.41) is 11.1. The molecule has 0 saturated carbocycles. The summed E-state index contributed by atoms with van der Waals surface area (Å²) in [7, 11) is 0. The van der Waals surface area contributed by atoms with Gasteiger partial charge in [-0.15, -0.1) is 11.8 Å². The summed E-state index contributed by atoms with van der Waals surface area (Å²) in [5.41, 5.74) is -0.611. The molecule has 142 valence electrons. The maximum absolute atomic E-state index is 12.1. The number of carbonyl (C=O) groups excluding carboxylic acids is 3. The fourth-order valence-corrected chi connectivity index (χ4v) is 2.60. The summed E-state index contributed by atoms with van der Waals surface area (Å²) < 4.78 is 5.24. The number of hydrogen-bond acceptors (Lipinski definition) is 6. The largest absolute Gasteiger partial charge is 0.481 e. The number of hydrogen-bond donors (Lipinski definition) is 2. The lowest BCUT2D eigenvalue weighted by Gasteiger charge is -2.35. The number of thioether (sulfide) groups is 1. The van der Waals surface area contributed by atoms with E-state index in [4.69, 9.17) is 9.84 Å². The molecule has 3 amide bonds. The van der Waals surface area contributed by atoms with E-state index in [9.17, 15) is 19.2 Å². The first-order valence-corrected chi connectivity index (χ1v) is 9.06. The van der Waals surface area contributed by atoms with E-state index in [-0.39, 0.29) is 36.4 Å². The van der Waals surface area contributed by atoms with Gasteiger partial charge in [0, 0.05) is 26.2 Å².